The van der Waals surface area contributed by atoms with E-state index in [1.165, 1.54) is 29.3 Å². The number of H-pyrrole nitrogens is 1. The summed E-state index contributed by atoms with van der Waals surface area (Å²) in [6, 6.07) is 8.36. The van der Waals surface area contributed by atoms with E-state index in [1.807, 2.05) is 0 Å². The number of rotatable bonds is 4. The Morgan fingerprint density at radius 2 is 1.96 bits per heavy atom. The third-order valence-electron chi connectivity index (χ3n) is 4.50. The van der Waals surface area contributed by atoms with Crippen LogP contribution in [0.15, 0.2) is 34.2 Å². The molecule has 1 saturated carbocycles. The molecular weight excluding hydrogens is 318 g/mol. The highest BCUT2D eigenvalue weighted by atomic mass is 32.2. The number of nitrogens with one attached hydrogen (secondary N) is 1. The number of aromatic amines is 1. The number of aromatic nitrogens is 2. The van der Waals surface area contributed by atoms with Crippen molar-refractivity contribution in [3.05, 3.63) is 62.9 Å². The fourth-order valence-electron chi connectivity index (χ4n) is 3.14. The highest BCUT2D eigenvalue weighted by Gasteiger charge is 2.23. The molecule has 0 amide bonds. The summed E-state index contributed by atoms with van der Waals surface area (Å²) in [5.41, 5.74) is 3.02. The van der Waals surface area contributed by atoms with E-state index < -0.39 is 0 Å². The maximum atomic E-state index is 12.3. The zero-order chi connectivity index (χ0) is 16.9. The Morgan fingerprint density at radius 1 is 1.25 bits per heavy atom. The molecule has 1 heterocycles. The highest BCUT2D eigenvalue weighted by Crippen LogP contribution is 2.35. The van der Waals surface area contributed by atoms with Crippen LogP contribution in [0.25, 0.3) is 4.85 Å². The van der Waals surface area contributed by atoms with Gasteiger partial charge in [-0.15, -0.1) is 0 Å². The Labute approximate surface area is 146 Å². The van der Waals surface area contributed by atoms with E-state index >= 15 is 0 Å². The molecule has 0 saturated heterocycles. The lowest BCUT2D eigenvalue weighted by Gasteiger charge is -2.22. The average Bonchev–Trinajstić information content (AvgIpc) is 2.61. The van der Waals surface area contributed by atoms with Crippen molar-refractivity contribution in [2.75, 3.05) is 0 Å². The zero-order valence-corrected chi connectivity index (χ0v) is 14.7. The van der Waals surface area contributed by atoms with Gasteiger partial charge in [0, 0.05) is 5.75 Å². The third kappa shape index (κ3) is 3.88. The fourth-order valence-corrected chi connectivity index (χ4v) is 3.96. The Morgan fingerprint density at radius 3 is 2.62 bits per heavy atom. The van der Waals surface area contributed by atoms with Gasteiger partial charge >= 0.3 is 0 Å². The first kappa shape index (κ1) is 16.8. The van der Waals surface area contributed by atoms with E-state index in [0.717, 1.165) is 31.4 Å². The van der Waals surface area contributed by atoms with Gasteiger partial charge in [-0.3, -0.25) is 4.79 Å². The summed E-state index contributed by atoms with van der Waals surface area (Å²) < 4.78 is 0. The first-order chi connectivity index (χ1) is 11.7. The van der Waals surface area contributed by atoms with Crippen molar-refractivity contribution in [1.29, 1.82) is 0 Å². The van der Waals surface area contributed by atoms with Gasteiger partial charge in [0.05, 0.1) is 12.3 Å². The highest BCUT2D eigenvalue weighted by molar-refractivity contribution is 7.98. The summed E-state index contributed by atoms with van der Waals surface area (Å²) in [6.07, 6.45) is 5.61. The molecule has 0 atom stereocenters. The van der Waals surface area contributed by atoms with Crippen LogP contribution in [0, 0.1) is 13.5 Å². The molecule has 1 aromatic heterocycles. The number of thioether (sulfide) groups is 1. The van der Waals surface area contributed by atoms with Crippen molar-refractivity contribution in [1.82, 2.24) is 9.97 Å². The number of hydrogen-bond donors (Lipinski definition) is 1. The van der Waals surface area contributed by atoms with Gasteiger partial charge in [0.15, 0.2) is 5.16 Å². The van der Waals surface area contributed by atoms with Crippen LogP contribution in [0.4, 0.5) is 5.69 Å². The molecule has 1 aliphatic rings. The molecule has 0 spiro atoms. The summed E-state index contributed by atoms with van der Waals surface area (Å²) in [5, 5.41) is 0.619. The van der Waals surface area contributed by atoms with Crippen molar-refractivity contribution < 1.29 is 0 Å². The molecule has 5 heteroatoms. The molecule has 24 heavy (non-hydrogen) atoms. The summed E-state index contributed by atoms with van der Waals surface area (Å²) in [5.74, 6) is 1.01. The molecule has 124 valence electrons. The van der Waals surface area contributed by atoms with E-state index in [4.69, 9.17) is 6.57 Å². The van der Waals surface area contributed by atoms with E-state index in [-0.39, 0.29) is 17.2 Å². The number of nitrogens with zero attached hydrogens (tertiary/aromatic N) is 2. The molecule has 0 bridgehead atoms. The molecule has 2 aromatic rings. The Kier molecular flexibility index (Phi) is 5.37. The van der Waals surface area contributed by atoms with E-state index in [9.17, 15) is 4.79 Å². The van der Waals surface area contributed by atoms with Gasteiger partial charge in [-0.1, -0.05) is 60.9 Å². The standard InChI is InChI=1S/C19H21N3OS/c1-13-8-10-14(11-9-13)12-24-19-21-16(15-6-4-3-5-7-15)17(20-2)18(23)22-19/h8-11,15H,3-7,12H2,1H3,(H,21,22,23). The number of benzene rings is 1. The summed E-state index contributed by atoms with van der Waals surface area (Å²) in [4.78, 5) is 23.1. The summed E-state index contributed by atoms with van der Waals surface area (Å²) in [6.45, 7) is 9.39. The smallest absolute Gasteiger partial charge is 0.271 e. The molecule has 3 rings (SSSR count). The van der Waals surface area contributed by atoms with Crippen molar-refractivity contribution in [2.24, 2.45) is 0 Å². The molecule has 1 aliphatic carbocycles. The SMILES string of the molecule is [C-]#[N+]c1c(C2CCCCC2)nc(SCc2ccc(C)cc2)[nH]c1=O. The van der Waals surface area contributed by atoms with Crippen molar-refractivity contribution in [3.63, 3.8) is 0 Å². The number of hydrogen-bond acceptors (Lipinski definition) is 3. The predicted octanol–water partition coefficient (Wildman–Crippen LogP) is 4.97. The van der Waals surface area contributed by atoms with Gasteiger partial charge < -0.3 is 4.98 Å². The average molecular weight is 339 g/mol. The third-order valence-corrected chi connectivity index (χ3v) is 5.44. The summed E-state index contributed by atoms with van der Waals surface area (Å²) >= 11 is 1.52. The van der Waals surface area contributed by atoms with Gasteiger partial charge in [0.25, 0.3) is 11.2 Å². The lowest BCUT2D eigenvalue weighted by atomic mass is 9.86. The largest absolute Gasteiger partial charge is 0.311 e. The molecule has 1 N–H and O–H groups in total. The van der Waals surface area contributed by atoms with Crippen LogP contribution in [0.2, 0.25) is 0 Å². The minimum Gasteiger partial charge on any atom is -0.311 e. The van der Waals surface area contributed by atoms with Crippen LogP contribution in [0.5, 0.6) is 0 Å². The van der Waals surface area contributed by atoms with Gasteiger partial charge in [0.2, 0.25) is 0 Å². The normalized spacial score (nSPS) is 15.2. The second-order valence-corrected chi connectivity index (χ2v) is 7.29. The lowest BCUT2D eigenvalue weighted by Crippen LogP contribution is -2.15. The van der Waals surface area contributed by atoms with Crippen LogP contribution >= 0.6 is 11.8 Å². The van der Waals surface area contributed by atoms with Crippen LogP contribution in [0.3, 0.4) is 0 Å². The quantitative estimate of drug-likeness (QED) is 0.486. The minimum atomic E-state index is -0.299. The molecule has 0 aliphatic heterocycles. The second-order valence-electron chi connectivity index (χ2n) is 6.33. The van der Waals surface area contributed by atoms with Crippen molar-refractivity contribution in [2.45, 2.75) is 55.9 Å². The van der Waals surface area contributed by atoms with Crippen LogP contribution in [0.1, 0.15) is 54.8 Å². The van der Waals surface area contributed by atoms with Crippen LogP contribution < -0.4 is 5.56 Å². The van der Waals surface area contributed by atoms with Crippen LogP contribution in [-0.2, 0) is 5.75 Å². The van der Waals surface area contributed by atoms with Gasteiger partial charge in [-0.2, -0.15) is 0 Å². The fraction of sp³-hybridized carbons (Fsp3) is 0.421. The first-order valence-electron chi connectivity index (χ1n) is 8.37. The van der Waals surface area contributed by atoms with E-state index in [1.54, 1.807) is 0 Å². The number of aryl methyl sites for hydroxylation is 1. The molecule has 1 fully saturated rings. The van der Waals surface area contributed by atoms with Crippen molar-refractivity contribution >= 4 is 17.4 Å². The maximum Gasteiger partial charge on any atom is 0.271 e. The Hall–Kier alpha value is -2.06. The topological polar surface area (TPSA) is 50.1 Å². The molecule has 0 radical (unpaired) electrons. The molecule has 0 unspecified atom stereocenters. The van der Waals surface area contributed by atoms with Gasteiger partial charge in [-0.05, 0) is 31.2 Å². The zero-order valence-electron chi connectivity index (χ0n) is 13.8. The van der Waals surface area contributed by atoms with E-state index in [2.05, 4.69) is 46.0 Å². The lowest BCUT2D eigenvalue weighted by molar-refractivity contribution is 0.435. The van der Waals surface area contributed by atoms with E-state index in [0.29, 0.717) is 10.9 Å². The second kappa shape index (κ2) is 7.67. The first-order valence-corrected chi connectivity index (χ1v) is 9.36. The molecule has 1 aromatic carbocycles. The van der Waals surface area contributed by atoms with Gasteiger partial charge in [0.1, 0.15) is 0 Å². The maximum absolute atomic E-state index is 12.3. The minimum absolute atomic E-state index is 0.182. The van der Waals surface area contributed by atoms with Gasteiger partial charge in [-0.25, -0.2) is 9.83 Å². The predicted molar refractivity (Wildman–Crippen MR) is 97.7 cm³/mol. The van der Waals surface area contributed by atoms with Crippen molar-refractivity contribution in [3.8, 4) is 0 Å². The van der Waals surface area contributed by atoms with Crippen LogP contribution in [-0.4, -0.2) is 9.97 Å². The Balaban J connectivity index is 1.83. The monoisotopic (exact) mass is 339 g/mol. The summed E-state index contributed by atoms with van der Waals surface area (Å²) in [7, 11) is 0. The molecular formula is C19H21N3OS. The molecule has 4 nitrogen and oxygen atoms in total. The Bertz CT molecular complexity index is 799.